The fourth-order valence-corrected chi connectivity index (χ4v) is 6.86. The number of aromatic nitrogens is 2. The predicted octanol–water partition coefficient (Wildman–Crippen LogP) is 0.480. The molecule has 2 fully saturated rings. The number of morpholine rings is 1. The number of ether oxygens (including phenoxy) is 1. The van der Waals surface area contributed by atoms with E-state index in [4.69, 9.17) is 4.74 Å². The lowest BCUT2D eigenvalue weighted by molar-refractivity contribution is -0.120. The predicted molar refractivity (Wildman–Crippen MR) is 119 cm³/mol. The first-order chi connectivity index (χ1) is 15.7. The van der Waals surface area contributed by atoms with Gasteiger partial charge in [-0.1, -0.05) is 0 Å². The van der Waals surface area contributed by atoms with Gasteiger partial charge in [0.1, 0.15) is 4.90 Å². The van der Waals surface area contributed by atoms with Crippen LogP contribution in [0.4, 0.5) is 5.69 Å². The van der Waals surface area contributed by atoms with E-state index in [2.05, 4.69) is 10.4 Å². The topological polar surface area (TPSA) is 131 Å². The van der Waals surface area contributed by atoms with Gasteiger partial charge < -0.3 is 10.1 Å². The van der Waals surface area contributed by atoms with Crippen molar-refractivity contribution in [2.24, 2.45) is 13.0 Å². The molecule has 0 unspecified atom stereocenters. The van der Waals surface area contributed by atoms with Gasteiger partial charge >= 0.3 is 0 Å². The summed E-state index contributed by atoms with van der Waals surface area (Å²) in [6.45, 7) is 1.76. The zero-order valence-corrected chi connectivity index (χ0v) is 19.9. The number of amides is 1. The molecule has 2 aliphatic heterocycles. The van der Waals surface area contributed by atoms with E-state index in [-0.39, 0.29) is 22.2 Å². The van der Waals surface area contributed by atoms with Gasteiger partial charge in [0, 0.05) is 45.1 Å². The number of carbonyl (C=O) groups is 1. The number of hydrogen-bond acceptors (Lipinski definition) is 7. The Balaban J connectivity index is 1.40. The molecule has 13 heteroatoms. The van der Waals surface area contributed by atoms with Crippen LogP contribution in [0.5, 0.6) is 0 Å². The van der Waals surface area contributed by atoms with Gasteiger partial charge in [0.15, 0.2) is 0 Å². The standard InChI is InChI=1S/C20H27N5O6S2/c1-23-15-19(13-21-23)33(29,30)25-8-2-3-16(14-25)20(26)22-17-4-6-18(7-5-17)32(27,28)24-9-11-31-12-10-24/h4-7,13,15-16H,2-3,8-12,14H2,1H3,(H,22,26)/t16-/m0/s1. The van der Waals surface area contributed by atoms with Gasteiger partial charge in [0.05, 0.1) is 30.2 Å². The Morgan fingerprint density at radius 3 is 2.30 bits per heavy atom. The summed E-state index contributed by atoms with van der Waals surface area (Å²) in [5.41, 5.74) is 0.452. The molecule has 0 bridgehead atoms. The van der Waals surface area contributed by atoms with Crippen LogP contribution < -0.4 is 5.32 Å². The minimum atomic E-state index is -3.72. The maximum absolute atomic E-state index is 12.9. The maximum Gasteiger partial charge on any atom is 0.246 e. The molecule has 2 aliphatic rings. The van der Waals surface area contributed by atoms with Gasteiger partial charge in [-0.2, -0.15) is 13.7 Å². The van der Waals surface area contributed by atoms with Crippen molar-refractivity contribution in [3.63, 3.8) is 0 Å². The first-order valence-corrected chi connectivity index (χ1v) is 13.5. The van der Waals surface area contributed by atoms with Gasteiger partial charge in [-0.15, -0.1) is 0 Å². The van der Waals surface area contributed by atoms with Gasteiger partial charge in [0.25, 0.3) is 0 Å². The van der Waals surface area contributed by atoms with Gasteiger partial charge in [-0.25, -0.2) is 16.8 Å². The summed E-state index contributed by atoms with van der Waals surface area (Å²) in [5, 5.41) is 6.70. The summed E-state index contributed by atoms with van der Waals surface area (Å²) in [5.74, 6) is -0.813. The summed E-state index contributed by atoms with van der Waals surface area (Å²) in [7, 11) is -5.70. The van der Waals surface area contributed by atoms with E-state index >= 15 is 0 Å². The number of hydrogen-bond donors (Lipinski definition) is 1. The van der Waals surface area contributed by atoms with Crippen molar-refractivity contribution >= 4 is 31.6 Å². The first kappa shape index (κ1) is 23.8. The highest BCUT2D eigenvalue weighted by Gasteiger charge is 2.34. The molecular formula is C20H27N5O6S2. The zero-order chi connectivity index (χ0) is 23.6. The number of aryl methyl sites for hydroxylation is 1. The van der Waals surface area contributed by atoms with E-state index < -0.39 is 26.0 Å². The Morgan fingerprint density at radius 2 is 1.67 bits per heavy atom. The normalized spacial score (nSPS) is 21.1. The minimum Gasteiger partial charge on any atom is -0.379 e. The quantitative estimate of drug-likeness (QED) is 0.614. The number of nitrogens with zero attached hydrogens (tertiary/aromatic N) is 4. The van der Waals surface area contributed by atoms with Crippen LogP contribution in [0.3, 0.4) is 0 Å². The number of sulfonamides is 2. The average molecular weight is 498 g/mol. The molecule has 1 N–H and O–H groups in total. The summed E-state index contributed by atoms with van der Waals surface area (Å²) in [6, 6.07) is 6.00. The van der Waals surface area contributed by atoms with Crippen molar-refractivity contribution in [2.45, 2.75) is 22.6 Å². The fourth-order valence-electron chi connectivity index (χ4n) is 3.95. The Bertz CT molecular complexity index is 1200. The molecule has 0 spiro atoms. The molecule has 1 amide bonds. The molecule has 180 valence electrons. The number of piperidine rings is 1. The molecule has 0 aliphatic carbocycles. The highest BCUT2D eigenvalue weighted by molar-refractivity contribution is 7.89. The largest absolute Gasteiger partial charge is 0.379 e. The van der Waals surface area contributed by atoms with E-state index in [0.717, 1.165) is 0 Å². The van der Waals surface area contributed by atoms with Crippen molar-refractivity contribution in [2.75, 3.05) is 44.7 Å². The number of anilines is 1. The third-order valence-electron chi connectivity index (χ3n) is 5.80. The Morgan fingerprint density at radius 1 is 1.00 bits per heavy atom. The number of benzene rings is 1. The van der Waals surface area contributed by atoms with E-state index in [0.29, 0.717) is 51.4 Å². The third kappa shape index (κ3) is 5.11. The fraction of sp³-hybridized carbons (Fsp3) is 0.500. The van der Waals surface area contributed by atoms with E-state index in [9.17, 15) is 21.6 Å². The average Bonchev–Trinajstić information content (AvgIpc) is 3.27. The molecular weight excluding hydrogens is 470 g/mol. The first-order valence-electron chi connectivity index (χ1n) is 10.7. The molecule has 0 saturated carbocycles. The van der Waals surface area contributed by atoms with Gasteiger partial charge in [-0.05, 0) is 37.1 Å². The van der Waals surface area contributed by atoms with E-state index in [1.165, 1.54) is 50.0 Å². The minimum absolute atomic E-state index is 0.0759. The van der Waals surface area contributed by atoms with Crippen LogP contribution in [0, 0.1) is 5.92 Å². The molecule has 3 heterocycles. The van der Waals surface area contributed by atoms with Crippen molar-refractivity contribution in [1.29, 1.82) is 0 Å². The summed E-state index contributed by atoms with van der Waals surface area (Å²) in [6.07, 6.45) is 3.86. The molecule has 1 atom stereocenters. The van der Waals surface area contributed by atoms with Crippen LogP contribution in [0.2, 0.25) is 0 Å². The Hall–Kier alpha value is -2.32. The number of carbonyl (C=O) groups excluding carboxylic acids is 1. The lowest BCUT2D eigenvalue weighted by Crippen LogP contribution is -2.43. The lowest BCUT2D eigenvalue weighted by Gasteiger charge is -2.30. The van der Waals surface area contributed by atoms with Crippen LogP contribution in [-0.4, -0.2) is 80.5 Å². The lowest BCUT2D eigenvalue weighted by atomic mass is 9.99. The molecule has 0 radical (unpaired) electrons. The van der Waals surface area contributed by atoms with Gasteiger partial charge in [0.2, 0.25) is 26.0 Å². The zero-order valence-electron chi connectivity index (χ0n) is 18.3. The van der Waals surface area contributed by atoms with Crippen molar-refractivity contribution in [3.05, 3.63) is 36.7 Å². The molecule has 2 saturated heterocycles. The van der Waals surface area contributed by atoms with Crippen LogP contribution in [0.15, 0.2) is 46.5 Å². The van der Waals surface area contributed by atoms with Crippen LogP contribution >= 0.6 is 0 Å². The van der Waals surface area contributed by atoms with E-state index in [1.807, 2.05) is 0 Å². The van der Waals surface area contributed by atoms with E-state index in [1.54, 1.807) is 7.05 Å². The Kier molecular flexibility index (Phi) is 6.86. The van der Waals surface area contributed by atoms with Crippen LogP contribution in [-0.2, 0) is 36.6 Å². The molecule has 1 aromatic carbocycles. The van der Waals surface area contributed by atoms with Crippen molar-refractivity contribution < 1.29 is 26.4 Å². The highest BCUT2D eigenvalue weighted by Crippen LogP contribution is 2.25. The van der Waals surface area contributed by atoms with Gasteiger partial charge in [-0.3, -0.25) is 9.48 Å². The molecule has 11 nitrogen and oxygen atoms in total. The Labute approximate surface area is 193 Å². The molecule has 33 heavy (non-hydrogen) atoms. The summed E-state index contributed by atoms with van der Waals surface area (Å²) in [4.78, 5) is 13.1. The monoisotopic (exact) mass is 497 g/mol. The summed E-state index contributed by atoms with van der Waals surface area (Å²) < 4.78 is 60.5. The van der Waals surface area contributed by atoms with Crippen LogP contribution in [0.1, 0.15) is 12.8 Å². The van der Waals surface area contributed by atoms with Crippen LogP contribution in [0.25, 0.3) is 0 Å². The molecule has 2 aromatic rings. The van der Waals surface area contributed by atoms with Crippen molar-refractivity contribution in [1.82, 2.24) is 18.4 Å². The summed E-state index contributed by atoms with van der Waals surface area (Å²) >= 11 is 0. The second-order valence-electron chi connectivity index (χ2n) is 8.08. The molecule has 1 aromatic heterocycles. The number of nitrogens with one attached hydrogen (secondary N) is 1. The SMILES string of the molecule is Cn1cc(S(=O)(=O)N2CCC[C@H](C(=O)Nc3ccc(S(=O)(=O)N4CCOCC4)cc3)C2)cn1. The third-order valence-corrected chi connectivity index (χ3v) is 9.53. The molecule has 4 rings (SSSR count). The second kappa shape index (κ2) is 9.50. The smallest absolute Gasteiger partial charge is 0.246 e. The number of rotatable bonds is 6. The second-order valence-corrected chi connectivity index (χ2v) is 12.0. The van der Waals surface area contributed by atoms with Crippen molar-refractivity contribution in [3.8, 4) is 0 Å². The highest BCUT2D eigenvalue weighted by atomic mass is 32.2. The maximum atomic E-state index is 12.9.